The van der Waals surface area contributed by atoms with Crippen molar-refractivity contribution in [1.82, 2.24) is 47.9 Å². The normalized spacial score (nSPS) is 14.0. The van der Waals surface area contributed by atoms with Gasteiger partial charge < -0.3 is 21.3 Å². The molecule has 0 aliphatic carbocycles. The minimum absolute atomic E-state index is 0.169. The molecule has 11 nitrogen and oxygen atoms in total. The van der Waals surface area contributed by atoms with Crippen molar-refractivity contribution >= 4 is 94.2 Å². The van der Waals surface area contributed by atoms with Crippen LogP contribution in [0.15, 0.2) is 10.2 Å². The molecule has 0 saturated heterocycles. The van der Waals surface area contributed by atoms with Gasteiger partial charge in [0.05, 0.1) is 0 Å². The molecule has 0 fully saturated rings. The number of rotatable bonds is 20. The minimum Gasteiger partial charge on any atom is -0.302 e. The number of nitrogens with zero attached hydrogens (tertiary/aromatic N) is 2. The molecule has 0 spiro atoms. The molecule has 0 aromatic carbocycles. The number of halogens is 1. The molecule has 35 heavy (non-hydrogen) atoms. The molecule has 0 bridgehead atoms. The van der Waals surface area contributed by atoms with E-state index in [-0.39, 0.29) is 47.6 Å². The zero-order chi connectivity index (χ0) is 27.1. The Morgan fingerprint density at radius 3 is 0.943 bits per heavy atom. The van der Waals surface area contributed by atoms with Gasteiger partial charge >= 0.3 is 0 Å². The van der Waals surface area contributed by atoms with Crippen LogP contribution >= 0.6 is 0 Å². The molecule has 0 aromatic rings. The standard InChI is InChI=1S/C11H44B12FN11/c12-1(13)25-8(26-2(14)15)32-10(33-9(27-3(16)17)28-4(18)19)31-7(24)34-35-11(29-5(20)21)30-6(22)23/h1-11,25-33H,12-23H2. The smallest absolute Gasteiger partial charge is 0.265 e. The Bertz CT molecular complexity index is 511. The van der Waals surface area contributed by atoms with Crippen LogP contribution in [0, 0.1) is 0 Å². The lowest BCUT2D eigenvalue weighted by molar-refractivity contribution is 0.157. The third kappa shape index (κ3) is 20.7. The Balaban J connectivity index is 5.60. The minimum atomic E-state index is -1.73. The fourth-order valence-electron chi connectivity index (χ4n) is 3.14. The molecule has 0 heterocycles. The van der Waals surface area contributed by atoms with Gasteiger partial charge in [0.1, 0.15) is 113 Å². The van der Waals surface area contributed by atoms with Crippen LogP contribution in [0.3, 0.4) is 0 Å². The molecular weight excluding hydrogens is 435 g/mol. The van der Waals surface area contributed by atoms with E-state index < -0.39 is 19.0 Å². The largest absolute Gasteiger partial charge is 0.302 e. The van der Waals surface area contributed by atoms with Gasteiger partial charge in [0, 0.05) is 0 Å². The van der Waals surface area contributed by atoms with Gasteiger partial charge in [-0.05, 0) is 35.0 Å². The molecule has 24 heteroatoms. The second-order valence-corrected chi connectivity index (χ2v) is 10.7. The monoisotopic (exact) mass is 481 g/mol. The van der Waals surface area contributed by atoms with Crippen LogP contribution in [-0.4, -0.2) is 161 Å². The third-order valence-corrected chi connectivity index (χ3v) is 4.24. The molecule has 1 unspecified atom stereocenters. The maximum atomic E-state index is 15.1. The summed E-state index contributed by atoms with van der Waals surface area (Å²) in [6.07, 6.45) is -3.42. The quantitative estimate of drug-likeness (QED) is 0.0362. The SMILES string of the molecule is BC(B)NC(N=NC(F)NC(NC(NC(B)B)NC(B)B)NC(NC(B)B)NC(B)B)NC(B)B. The highest BCUT2D eigenvalue weighted by molar-refractivity contribution is 6.37. The van der Waals surface area contributed by atoms with Gasteiger partial charge in [-0.3, -0.25) is 21.3 Å². The fourth-order valence-corrected chi connectivity index (χ4v) is 3.14. The van der Waals surface area contributed by atoms with Crippen molar-refractivity contribution in [3.8, 4) is 0 Å². The summed E-state index contributed by atoms with van der Waals surface area (Å²) in [7, 11) is 24.5. The van der Waals surface area contributed by atoms with Gasteiger partial charge in [-0.15, -0.1) is 5.11 Å². The van der Waals surface area contributed by atoms with Gasteiger partial charge in [-0.2, -0.15) is 5.11 Å². The summed E-state index contributed by atoms with van der Waals surface area (Å²) in [6.45, 7) is 0. The number of nitrogens with one attached hydrogen (secondary N) is 9. The summed E-state index contributed by atoms with van der Waals surface area (Å²) in [5, 5.41) is 37.8. The van der Waals surface area contributed by atoms with Gasteiger partial charge in [0.2, 0.25) is 0 Å². The van der Waals surface area contributed by atoms with Crippen molar-refractivity contribution in [2.24, 2.45) is 10.2 Å². The second-order valence-electron chi connectivity index (χ2n) is 10.7. The molecule has 0 rings (SSSR count). The average molecular weight is 479 g/mol. The number of azo groups is 1. The number of hydrogen-bond donors (Lipinski definition) is 9. The van der Waals surface area contributed by atoms with Crippen molar-refractivity contribution in [2.45, 2.75) is 66.6 Å². The van der Waals surface area contributed by atoms with E-state index in [2.05, 4.69) is 121 Å². The average Bonchev–Trinajstić information content (AvgIpc) is 2.62. The van der Waals surface area contributed by atoms with E-state index in [0.717, 1.165) is 0 Å². The number of hydrogen-bond acceptors (Lipinski definition) is 11. The van der Waals surface area contributed by atoms with Crippen molar-refractivity contribution in [3.05, 3.63) is 0 Å². The van der Waals surface area contributed by atoms with E-state index in [1.165, 1.54) is 0 Å². The van der Waals surface area contributed by atoms with Gasteiger partial charge in [-0.25, -0.2) is 9.71 Å². The van der Waals surface area contributed by atoms with Crippen LogP contribution in [0.1, 0.15) is 0 Å². The summed E-state index contributed by atoms with van der Waals surface area (Å²) in [5.74, 6) is 1.18. The molecule has 0 amide bonds. The van der Waals surface area contributed by atoms with Crippen LogP contribution < -0.4 is 47.9 Å². The topological polar surface area (TPSA) is 133 Å². The Labute approximate surface area is 223 Å². The van der Waals surface area contributed by atoms with E-state index in [1.807, 2.05) is 31.4 Å². The Hall–Kier alpha value is -0.0508. The van der Waals surface area contributed by atoms with E-state index in [1.54, 1.807) is 0 Å². The molecule has 0 radical (unpaired) electrons. The molecule has 186 valence electrons. The molecule has 9 N–H and O–H groups in total. The summed E-state index contributed by atoms with van der Waals surface area (Å²) >= 11 is 0. The lowest BCUT2D eigenvalue weighted by Gasteiger charge is -2.35. The van der Waals surface area contributed by atoms with Gasteiger partial charge in [0.15, 0.2) is 6.29 Å². The van der Waals surface area contributed by atoms with Crippen LogP contribution in [-0.2, 0) is 0 Å². The molecule has 0 aromatic heterocycles. The lowest BCUT2D eigenvalue weighted by Crippen LogP contribution is -2.72. The van der Waals surface area contributed by atoms with Crippen LogP contribution in [0.2, 0.25) is 0 Å². The lowest BCUT2D eigenvalue weighted by atomic mass is 9.77. The van der Waals surface area contributed by atoms with Crippen molar-refractivity contribution < 1.29 is 4.39 Å². The number of alkyl halides is 1. The van der Waals surface area contributed by atoms with E-state index in [0.29, 0.717) is 0 Å². The first-order valence-corrected chi connectivity index (χ1v) is 13.1. The highest BCUT2D eigenvalue weighted by Crippen LogP contribution is 1.96. The zero-order valence-corrected chi connectivity index (χ0v) is 24.1. The highest BCUT2D eigenvalue weighted by atomic mass is 19.1. The summed E-state index contributed by atoms with van der Waals surface area (Å²) < 4.78 is 15.1. The molecule has 0 saturated carbocycles. The first-order valence-electron chi connectivity index (χ1n) is 13.1. The first-order chi connectivity index (χ1) is 16.2. The Kier molecular flexibility index (Phi) is 19.1. The van der Waals surface area contributed by atoms with Gasteiger partial charge in [-0.1, -0.05) is 0 Å². The van der Waals surface area contributed by atoms with E-state index in [4.69, 9.17) is 0 Å². The summed E-state index contributed by atoms with van der Waals surface area (Å²) in [6, 6.07) is 0. The van der Waals surface area contributed by atoms with Crippen molar-refractivity contribution in [3.63, 3.8) is 0 Å². The Morgan fingerprint density at radius 2 is 0.657 bits per heavy atom. The molecule has 0 aliphatic rings. The van der Waals surface area contributed by atoms with Crippen molar-refractivity contribution in [2.75, 3.05) is 0 Å². The van der Waals surface area contributed by atoms with Crippen LogP contribution in [0.25, 0.3) is 0 Å². The zero-order valence-electron chi connectivity index (χ0n) is 24.1. The molecular formula is C11H44B12FN11. The predicted molar refractivity (Wildman–Crippen MR) is 178 cm³/mol. The van der Waals surface area contributed by atoms with Crippen LogP contribution in [0.5, 0.6) is 0 Å². The third-order valence-electron chi connectivity index (χ3n) is 4.24. The van der Waals surface area contributed by atoms with Crippen LogP contribution in [0.4, 0.5) is 4.39 Å². The second kappa shape index (κ2) is 19.1. The van der Waals surface area contributed by atoms with E-state index in [9.17, 15) is 0 Å². The van der Waals surface area contributed by atoms with E-state index >= 15 is 4.39 Å². The molecule has 0 aliphatic heterocycles. The van der Waals surface area contributed by atoms with Gasteiger partial charge in [0.25, 0.3) is 6.42 Å². The maximum Gasteiger partial charge on any atom is 0.265 e. The predicted octanol–water partition coefficient (Wildman–Crippen LogP) is -15.6. The highest BCUT2D eigenvalue weighted by Gasteiger charge is 2.23. The molecule has 1 atom stereocenters. The first kappa shape index (κ1) is 34.9. The maximum absolute atomic E-state index is 15.1. The Morgan fingerprint density at radius 1 is 0.371 bits per heavy atom. The van der Waals surface area contributed by atoms with Crippen molar-refractivity contribution in [1.29, 1.82) is 0 Å². The fraction of sp³-hybridized carbons (Fsp3) is 1.00. The summed E-state index contributed by atoms with van der Waals surface area (Å²) in [5.41, 5.74) is 0. The summed E-state index contributed by atoms with van der Waals surface area (Å²) in [4.78, 5) is 0.